The van der Waals surface area contributed by atoms with E-state index in [-0.39, 0.29) is 26.4 Å². The van der Waals surface area contributed by atoms with Gasteiger partial charge in [-0.15, -0.1) is 0 Å². The Labute approximate surface area is 159 Å². The van der Waals surface area contributed by atoms with Gasteiger partial charge in [0.2, 0.25) is 0 Å². The molecule has 0 aromatic heterocycles. The summed E-state index contributed by atoms with van der Waals surface area (Å²) in [6, 6.07) is 0. The number of aliphatic hydroxyl groups is 1. The molecule has 0 saturated carbocycles. The van der Waals surface area contributed by atoms with Crippen LogP contribution in [0.15, 0.2) is 0 Å². The summed E-state index contributed by atoms with van der Waals surface area (Å²) in [6.07, 6.45) is -7.44. The van der Waals surface area contributed by atoms with Crippen LogP contribution in [-0.4, -0.2) is 87.1 Å². The van der Waals surface area contributed by atoms with E-state index < -0.39 is 55.6 Å². The van der Waals surface area contributed by atoms with E-state index in [4.69, 9.17) is 5.11 Å². The van der Waals surface area contributed by atoms with Crippen molar-refractivity contribution in [3.05, 3.63) is 0 Å². The van der Waals surface area contributed by atoms with Crippen molar-refractivity contribution >= 4 is 0 Å². The third-order valence-electron chi connectivity index (χ3n) is 3.26. The second-order valence-corrected chi connectivity index (χ2v) is 5.50. The van der Waals surface area contributed by atoms with E-state index in [0.29, 0.717) is 0 Å². The molecule has 1 N–H and O–H groups in total. The molecule has 0 fully saturated rings. The van der Waals surface area contributed by atoms with Gasteiger partial charge >= 0.3 is 35.8 Å². The van der Waals surface area contributed by atoms with Gasteiger partial charge in [0, 0.05) is 0 Å². The van der Waals surface area contributed by atoms with Crippen molar-refractivity contribution in [1.29, 1.82) is 0 Å². The van der Waals surface area contributed by atoms with E-state index in [1.54, 1.807) is 0 Å². The monoisotopic (exact) mass is 482 g/mol. The van der Waals surface area contributed by atoms with Crippen LogP contribution in [0.25, 0.3) is 0 Å². The minimum Gasteiger partial charge on any atom is -0.394 e. The van der Waals surface area contributed by atoms with Crippen molar-refractivity contribution in [2.24, 2.45) is 0 Å². The quantitative estimate of drug-likeness (QED) is 0.303. The lowest BCUT2D eigenvalue weighted by molar-refractivity contribution is -0.441. The van der Waals surface area contributed by atoms with Crippen LogP contribution in [0, 0.1) is 0 Å². The van der Waals surface area contributed by atoms with Gasteiger partial charge in [0.25, 0.3) is 0 Å². The van der Waals surface area contributed by atoms with E-state index in [2.05, 4.69) is 14.2 Å². The summed E-state index contributed by atoms with van der Waals surface area (Å²) in [5, 5.41) is 8.36. The summed E-state index contributed by atoms with van der Waals surface area (Å²) < 4.78 is 180. The fourth-order valence-electron chi connectivity index (χ4n) is 1.60. The third-order valence-corrected chi connectivity index (χ3v) is 3.26. The maximum atomic E-state index is 13.3. The number of halogens is 13. The van der Waals surface area contributed by atoms with E-state index in [1.165, 1.54) is 0 Å². The third kappa shape index (κ3) is 5.79. The molecule has 0 rings (SSSR count). The zero-order valence-corrected chi connectivity index (χ0v) is 14.5. The highest BCUT2D eigenvalue weighted by Gasteiger charge is 2.90. The molecule has 0 amide bonds. The Hall–Kier alpha value is -1.07. The van der Waals surface area contributed by atoms with E-state index >= 15 is 0 Å². The maximum absolute atomic E-state index is 13.3. The first-order valence-electron chi connectivity index (χ1n) is 7.61. The molecule has 30 heavy (non-hydrogen) atoms. The number of hydrogen-bond donors (Lipinski definition) is 1. The summed E-state index contributed by atoms with van der Waals surface area (Å²) in [6.45, 7) is -5.07. The lowest BCUT2D eigenvalue weighted by Crippen LogP contribution is -2.70. The van der Waals surface area contributed by atoms with Crippen molar-refractivity contribution in [2.45, 2.75) is 35.8 Å². The molecule has 0 aliphatic rings. The molecule has 0 heterocycles. The van der Waals surface area contributed by atoms with Crippen molar-refractivity contribution < 1.29 is 76.4 Å². The topological polar surface area (TPSA) is 47.9 Å². The minimum absolute atomic E-state index is 0.0760. The SMILES string of the molecule is OCCOCCOCCOCC(F)(F)C(F)(F)C(F)(F)C(F)(F)C(F)(F)C(F)(F)F. The van der Waals surface area contributed by atoms with Crippen LogP contribution < -0.4 is 0 Å². The fourth-order valence-corrected chi connectivity index (χ4v) is 1.60. The minimum atomic E-state index is -7.93. The molecule has 0 bridgehead atoms. The van der Waals surface area contributed by atoms with Gasteiger partial charge in [-0.2, -0.15) is 57.1 Å². The molecule has 0 aliphatic carbocycles. The van der Waals surface area contributed by atoms with Crippen molar-refractivity contribution in [1.82, 2.24) is 0 Å². The summed E-state index contributed by atoms with van der Waals surface area (Å²) >= 11 is 0. The van der Waals surface area contributed by atoms with Crippen LogP contribution in [0.3, 0.4) is 0 Å². The Morgan fingerprint density at radius 2 is 0.833 bits per heavy atom. The average molecular weight is 482 g/mol. The highest BCUT2D eigenvalue weighted by atomic mass is 19.4. The van der Waals surface area contributed by atoms with Gasteiger partial charge in [-0.05, 0) is 0 Å². The molecule has 0 aromatic carbocycles. The second kappa shape index (κ2) is 10.0. The summed E-state index contributed by atoms with van der Waals surface area (Å²) in [5.74, 6) is -37.1. The lowest BCUT2D eigenvalue weighted by Gasteiger charge is -2.39. The van der Waals surface area contributed by atoms with Crippen LogP contribution in [0.4, 0.5) is 57.1 Å². The van der Waals surface area contributed by atoms with E-state index in [1.807, 2.05) is 0 Å². The Balaban J connectivity index is 5.08. The van der Waals surface area contributed by atoms with Gasteiger partial charge in [0.1, 0.15) is 6.61 Å². The molecule has 0 unspecified atom stereocenters. The van der Waals surface area contributed by atoms with Gasteiger partial charge in [-0.1, -0.05) is 0 Å². The zero-order chi connectivity index (χ0) is 24.1. The predicted molar refractivity (Wildman–Crippen MR) is 70.3 cm³/mol. The predicted octanol–water partition coefficient (Wildman–Crippen LogP) is 3.77. The summed E-state index contributed by atoms with van der Waals surface area (Å²) in [5.41, 5.74) is 0. The van der Waals surface area contributed by atoms with Gasteiger partial charge in [0.05, 0.1) is 39.6 Å². The highest BCUT2D eigenvalue weighted by molar-refractivity contribution is 5.10. The number of ether oxygens (including phenoxy) is 3. The van der Waals surface area contributed by atoms with Gasteiger partial charge in [-0.25, -0.2) is 0 Å². The first-order chi connectivity index (χ1) is 13.3. The summed E-state index contributed by atoms with van der Waals surface area (Å²) in [7, 11) is 0. The van der Waals surface area contributed by atoms with Crippen molar-refractivity contribution in [3.8, 4) is 0 Å². The molecule has 0 spiro atoms. The second-order valence-electron chi connectivity index (χ2n) is 5.50. The van der Waals surface area contributed by atoms with E-state index in [0.717, 1.165) is 0 Å². The maximum Gasteiger partial charge on any atom is 0.460 e. The zero-order valence-electron chi connectivity index (χ0n) is 14.5. The highest BCUT2D eigenvalue weighted by Crippen LogP contribution is 2.60. The molecular formula is C13H15F13O4. The molecule has 0 saturated heterocycles. The van der Waals surface area contributed by atoms with Gasteiger partial charge < -0.3 is 19.3 Å². The van der Waals surface area contributed by atoms with Crippen LogP contribution in [-0.2, 0) is 14.2 Å². The van der Waals surface area contributed by atoms with Crippen LogP contribution >= 0.6 is 0 Å². The van der Waals surface area contributed by atoms with Crippen molar-refractivity contribution in [3.63, 3.8) is 0 Å². The molecule has 0 aliphatic heterocycles. The Morgan fingerprint density at radius 3 is 1.23 bits per heavy atom. The van der Waals surface area contributed by atoms with Gasteiger partial charge in [0.15, 0.2) is 0 Å². The standard InChI is InChI=1S/C13H15F13O4/c14-8(15,7-30-6-5-29-4-3-28-2-1-27)9(16,17)10(18,19)11(20,21)12(22,23)13(24,25)26/h27H,1-7H2. The first-order valence-corrected chi connectivity index (χ1v) is 7.61. The van der Waals surface area contributed by atoms with Crippen molar-refractivity contribution in [2.75, 3.05) is 46.2 Å². The molecule has 0 atom stereocenters. The van der Waals surface area contributed by atoms with Crippen LogP contribution in [0.2, 0.25) is 0 Å². The largest absolute Gasteiger partial charge is 0.460 e. The smallest absolute Gasteiger partial charge is 0.394 e. The number of hydrogen-bond acceptors (Lipinski definition) is 4. The molecule has 4 nitrogen and oxygen atoms in total. The Bertz CT molecular complexity index is 522. The molecule has 182 valence electrons. The molecule has 17 heteroatoms. The summed E-state index contributed by atoms with van der Waals surface area (Å²) in [4.78, 5) is 0. The van der Waals surface area contributed by atoms with E-state index in [9.17, 15) is 57.1 Å². The number of rotatable bonds is 14. The normalized spacial score (nSPS) is 15.0. The Morgan fingerprint density at radius 1 is 0.467 bits per heavy atom. The number of aliphatic hydroxyl groups excluding tert-OH is 1. The molecular weight excluding hydrogens is 467 g/mol. The lowest BCUT2D eigenvalue weighted by atomic mass is 9.94. The first kappa shape index (κ1) is 28.9. The average Bonchev–Trinajstić information content (AvgIpc) is 2.58. The van der Waals surface area contributed by atoms with Crippen LogP contribution in [0.5, 0.6) is 0 Å². The fraction of sp³-hybridized carbons (Fsp3) is 1.00. The number of alkyl halides is 13. The molecule has 0 aromatic rings. The Kier molecular flexibility index (Phi) is 9.68. The van der Waals surface area contributed by atoms with Gasteiger partial charge in [-0.3, -0.25) is 0 Å². The van der Waals surface area contributed by atoms with Crippen LogP contribution in [0.1, 0.15) is 0 Å². The molecule has 0 radical (unpaired) electrons.